The van der Waals surface area contributed by atoms with Crippen molar-refractivity contribution in [3.05, 3.63) is 48.0 Å². The van der Waals surface area contributed by atoms with Gasteiger partial charge in [0.15, 0.2) is 6.10 Å². The third-order valence-corrected chi connectivity index (χ3v) is 7.04. The molecular formula is C29H37N5O6. The highest BCUT2D eigenvalue weighted by molar-refractivity contribution is 5.92. The van der Waals surface area contributed by atoms with Crippen molar-refractivity contribution >= 4 is 34.6 Å². The van der Waals surface area contributed by atoms with E-state index < -0.39 is 48.1 Å². The number of rotatable bonds is 12. The number of hydrogen-bond acceptors (Lipinski definition) is 6. The Labute approximate surface area is 233 Å². The first-order valence-electron chi connectivity index (χ1n) is 13.5. The molecule has 0 saturated carbocycles. The molecule has 2 aromatic rings. The van der Waals surface area contributed by atoms with E-state index in [1.807, 2.05) is 56.3 Å². The molecule has 1 aliphatic heterocycles. The molecule has 11 nitrogen and oxygen atoms in total. The molecule has 6 N–H and O–H groups in total. The summed E-state index contributed by atoms with van der Waals surface area (Å²) in [6.45, 7) is 4.28. The third-order valence-electron chi connectivity index (χ3n) is 7.04. The minimum Gasteiger partial charge on any atom is -0.465 e. The molecule has 3 rings (SSSR count). The third kappa shape index (κ3) is 8.41. The molecular weight excluding hydrogens is 514 g/mol. The fourth-order valence-corrected chi connectivity index (χ4v) is 5.03. The Morgan fingerprint density at radius 2 is 1.75 bits per heavy atom. The summed E-state index contributed by atoms with van der Waals surface area (Å²) in [6.07, 6.45) is -1.26. The van der Waals surface area contributed by atoms with Crippen LogP contribution in [0.5, 0.6) is 0 Å². The molecule has 3 unspecified atom stereocenters. The normalized spacial score (nSPS) is 18.1. The fourth-order valence-electron chi connectivity index (χ4n) is 5.03. The Bertz CT molecular complexity index is 1250. The van der Waals surface area contributed by atoms with Crippen LogP contribution >= 0.6 is 0 Å². The second-order valence-corrected chi connectivity index (χ2v) is 10.6. The number of fused-ring (bicyclic) bond motifs is 1. The first kappa shape index (κ1) is 30.4. The number of aliphatic hydroxyl groups is 1. The van der Waals surface area contributed by atoms with E-state index in [1.54, 1.807) is 6.07 Å². The maximum atomic E-state index is 13.4. The van der Waals surface area contributed by atoms with Gasteiger partial charge in [0.2, 0.25) is 17.7 Å². The van der Waals surface area contributed by atoms with E-state index >= 15 is 0 Å². The highest BCUT2D eigenvalue weighted by Gasteiger charge is 2.33. The molecule has 0 spiro atoms. The average Bonchev–Trinajstić information content (AvgIpc) is 2.92. The molecule has 1 saturated heterocycles. The van der Waals surface area contributed by atoms with Crippen molar-refractivity contribution in [2.24, 2.45) is 11.8 Å². The molecule has 214 valence electrons. The molecule has 0 bridgehead atoms. The zero-order chi connectivity index (χ0) is 29.2. The molecule has 0 aromatic heterocycles. The van der Waals surface area contributed by atoms with Gasteiger partial charge in [0, 0.05) is 18.9 Å². The van der Waals surface area contributed by atoms with Gasteiger partial charge in [-0.3, -0.25) is 14.4 Å². The van der Waals surface area contributed by atoms with E-state index in [-0.39, 0.29) is 31.1 Å². The number of nitriles is 1. The van der Waals surface area contributed by atoms with Gasteiger partial charge < -0.3 is 31.5 Å². The summed E-state index contributed by atoms with van der Waals surface area (Å²) < 4.78 is 0. The van der Waals surface area contributed by atoms with Gasteiger partial charge in [-0.1, -0.05) is 56.3 Å². The highest BCUT2D eigenvalue weighted by atomic mass is 16.4. The number of nitrogens with one attached hydrogen (secondary N) is 4. The van der Waals surface area contributed by atoms with Gasteiger partial charge in [-0.25, -0.2) is 4.79 Å². The monoisotopic (exact) mass is 551 g/mol. The highest BCUT2D eigenvalue weighted by Crippen LogP contribution is 2.21. The predicted molar refractivity (Wildman–Crippen MR) is 148 cm³/mol. The van der Waals surface area contributed by atoms with Gasteiger partial charge >= 0.3 is 6.09 Å². The van der Waals surface area contributed by atoms with Crippen molar-refractivity contribution in [1.29, 1.82) is 5.26 Å². The number of benzene rings is 2. The first-order chi connectivity index (χ1) is 19.1. The molecule has 11 heteroatoms. The lowest BCUT2D eigenvalue weighted by Gasteiger charge is -2.30. The number of carboxylic acid groups (broad SMARTS) is 1. The van der Waals surface area contributed by atoms with Crippen molar-refractivity contribution in [2.75, 3.05) is 6.54 Å². The van der Waals surface area contributed by atoms with Crippen molar-refractivity contribution in [1.82, 2.24) is 21.3 Å². The average molecular weight is 552 g/mol. The zero-order valence-corrected chi connectivity index (χ0v) is 22.7. The Hall–Kier alpha value is -4.17. The van der Waals surface area contributed by atoms with Gasteiger partial charge in [0.25, 0.3) is 0 Å². The van der Waals surface area contributed by atoms with E-state index in [1.165, 1.54) is 0 Å². The number of aliphatic hydroxyl groups excluding tert-OH is 1. The molecule has 0 aliphatic carbocycles. The molecule has 4 amide bonds. The van der Waals surface area contributed by atoms with Crippen LogP contribution in [0.1, 0.15) is 45.1 Å². The minimum absolute atomic E-state index is 0.0246. The molecule has 5 atom stereocenters. The summed E-state index contributed by atoms with van der Waals surface area (Å²) in [5, 5.41) is 41.2. The minimum atomic E-state index is -1.55. The number of carbonyl (C=O) groups is 4. The first-order valence-corrected chi connectivity index (χ1v) is 13.5. The second-order valence-electron chi connectivity index (χ2n) is 10.6. The molecule has 1 aliphatic rings. The van der Waals surface area contributed by atoms with Crippen LogP contribution in [0.2, 0.25) is 0 Å². The number of amides is 4. The van der Waals surface area contributed by atoms with Crippen LogP contribution in [0.4, 0.5) is 4.79 Å². The summed E-state index contributed by atoms with van der Waals surface area (Å²) in [6, 6.07) is 11.6. The van der Waals surface area contributed by atoms with Crippen LogP contribution in [0, 0.1) is 23.2 Å². The Balaban J connectivity index is 1.78. The van der Waals surface area contributed by atoms with Crippen LogP contribution in [0.15, 0.2) is 42.5 Å². The summed E-state index contributed by atoms with van der Waals surface area (Å²) in [5.74, 6) is -2.00. The molecule has 2 aromatic carbocycles. The summed E-state index contributed by atoms with van der Waals surface area (Å²) in [7, 11) is 0. The van der Waals surface area contributed by atoms with Crippen LogP contribution in [-0.2, 0) is 20.8 Å². The van der Waals surface area contributed by atoms with Crippen LogP contribution in [0.25, 0.3) is 10.8 Å². The van der Waals surface area contributed by atoms with Gasteiger partial charge in [0.05, 0.1) is 12.1 Å². The van der Waals surface area contributed by atoms with Crippen molar-refractivity contribution in [3.63, 3.8) is 0 Å². The van der Waals surface area contributed by atoms with E-state index in [4.69, 9.17) is 0 Å². The van der Waals surface area contributed by atoms with Crippen molar-refractivity contribution in [3.8, 4) is 6.07 Å². The van der Waals surface area contributed by atoms with Crippen LogP contribution in [0.3, 0.4) is 0 Å². The lowest BCUT2D eigenvalue weighted by Crippen LogP contribution is -2.57. The number of carbonyl (C=O) groups excluding carboxylic acids is 3. The predicted octanol–water partition coefficient (Wildman–Crippen LogP) is 1.83. The van der Waals surface area contributed by atoms with Gasteiger partial charge in [0.1, 0.15) is 12.1 Å². The molecule has 1 fully saturated rings. The summed E-state index contributed by atoms with van der Waals surface area (Å²) in [5.41, 5.74) is 0.764. The summed E-state index contributed by atoms with van der Waals surface area (Å²) in [4.78, 5) is 50.6. The Kier molecular flexibility index (Phi) is 10.8. The Morgan fingerprint density at radius 3 is 2.42 bits per heavy atom. The van der Waals surface area contributed by atoms with Gasteiger partial charge in [-0.05, 0) is 47.9 Å². The lowest BCUT2D eigenvalue weighted by molar-refractivity contribution is -0.131. The van der Waals surface area contributed by atoms with Gasteiger partial charge in [-0.15, -0.1) is 0 Å². The van der Waals surface area contributed by atoms with E-state index in [0.717, 1.165) is 22.8 Å². The van der Waals surface area contributed by atoms with E-state index in [9.17, 15) is 34.7 Å². The topological polar surface area (TPSA) is 181 Å². The second kappa shape index (κ2) is 14.3. The fraction of sp³-hybridized carbons (Fsp3) is 0.483. The lowest BCUT2D eigenvalue weighted by atomic mass is 9.89. The van der Waals surface area contributed by atoms with E-state index in [0.29, 0.717) is 13.0 Å². The zero-order valence-electron chi connectivity index (χ0n) is 22.7. The maximum absolute atomic E-state index is 13.4. The smallest absolute Gasteiger partial charge is 0.405 e. The van der Waals surface area contributed by atoms with Crippen molar-refractivity contribution < 1.29 is 29.4 Å². The molecule has 40 heavy (non-hydrogen) atoms. The maximum Gasteiger partial charge on any atom is 0.405 e. The number of nitrogens with zero attached hydrogens (tertiary/aromatic N) is 1. The SMILES string of the molecule is CC(C)CC(NC(=O)C(Cc1cccc2ccccc12)NC(=O)O)C(=O)N[C@@H](CC1CCCNC1=O)[C@@H](O)C#N. The van der Waals surface area contributed by atoms with Gasteiger partial charge in [-0.2, -0.15) is 5.26 Å². The quantitative estimate of drug-likeness (QED) is 0.218. The number of hydrogen-bond donors (Lipinski definition) is 6. The van der Waals surface area contributed by atoms with Crippen LogP contribution < -0.4 is 21.3 Å². The largest absolute Gasteiger partial charge is 0.465 e. The molecule has 0 radical (unpaired) electrons. The summed E-state index contributed by atoms with van der Waals surface area (Å²) >= 11 is 0. The number of piperidine rings is 1. The van der Waals surface area contributed by atoms with E-state index in [2.05, 4.69) is 21.3 Å². The Morgan fingerprint density at radius 1 is 1.05 bits per heavy atom. The standard InChI is InChI=1S/C29H37N5O6/c1-17(2)13-23(27(37)32-22(25(35)16-30)15-20-10-6-12-31-26(20)36)33-28(38)24(34-29(39)40)14-19-9-5-8-18-7-3-4-11-21(18)19/h3-5,7-9,11,17,20,22-25,34-35H,6,10,12-15H2,1-2H3,(H,31,36)(H,32,37)(H,33,38)(H,39,40)/t20?,22-,23?,24?,25-/m0/s1. The van der Waals surface area contributed by atoms with Crippen molar-refractivity contribution in [2.45, 2.75) is 70.2 Å². The molecule has 1 heterocycles. The van der Waals surface area contributed by atoms with Crippen LogP contribution in [-0.4, -0.2) is 64.8 Å².